The van der Waals surface area contributed by atoms with Crippen LogP contribution in [0.15, 0.2) is 24.3 Å². The molecule has 2 rings (SSSR count). The van der Waals surface area contributed by atoms with Crippen LogP contribution in [0.2, 0.25) is 0 Å². The van der Waals surface area contributed by atoms with E-state index in [1.54, 1.807) is 6.07 Å². The lowest BCUT2D eigenvalue weighted by molar-refractivity contribution is -0.154. The van der Waals surface area contributed by atoms with E-state index in [1.807, 2.05) is 37.2 Å². The topological polar surface area (TPSA) is 48.0 Å². The van der Waals surface area contributed by atoms with Gasteiger partial charge in [0.05, 0.1) is 0 Å². The van der Waals surface area contributed by atoms with E-state index in [0.717, 1.165) is 0 Å². The fourth-order valence-electron chi connectivity index (χ4n) is 1.56. The van der Waals surface area contributed by atoms with E-state index >= 15 is 0 Å². The number of carbonyl (C=O) groups excluding carboxylic acids is 1. The van der Waals surface area contributed by atoms with Gasteiger partial charge in [-0.25, -0.2) is 4.79 Å². The van der Waals surface area contributed by atoms with Crippen molar-refractivity contribution in [2.75, 3.05) is 33.9 Å². The van der Waals surface area contributed by atoms with Crippen LogP contribution < -0.4 is 9.47 Å². The molecular formula is C13H17NO4. The van der Waals surface area contributed by atoms with Crippen LogP contribution >= 0.6 is 0 Å². The first-order chi connectivity index (χ1) is 8.66. The lowest BCUT2D eigenvalue weighted by atomic mass is 10.2. The van der Waals surface area contributed by atoms with Crippen molar-refractivity contribution in [3.8, 4) is 11.5 Å². The van der Waals surface area contributed by atoms with Crippen molar-refractivity contribution in [3.63, 3.8) is 0 Å². The van der Waals surface area contributed by atoms with E-state index in [9.17, 15) is 4.79 Å². The normalized spacial score (nSPS) is 17.6. The minimum absolute atomic E-state index is 0.192. The molecule has 0 unspecified atom stereocenters. The van der Waals surface area contributed by atoms with Crippen molar-refractivity contribution in [3.05, 3.63) is 24.3 Å². The molecule has 0 amide bonds. The van der Waals surface area contributed by atoms with Gasteiger partial charge < -0.3 is 19.1 Å². The summed E-state index contributed by atoms with van der Waals surface area (Å²) in [6.45, 7) is 1.24. The minimum atomic E-state index is -0.679. The van der Waals surface area contributed by atoms with E-state index in [-0.39, 0.29) is 12.6 Å². The Morgan fingerprint density at radius 3 is 2.83 bits per heavy atom. The van der Waals surface area contributed by atoms with Crippen molar-refractivity contribution in [2.24, 2.45) is 0 Å². The number of rotatable bonds is 4. The summed E-state index contributed by atoms with van der Waals surface area (Å²) in [7, 11) is 3.84. The van der Waals surface area contributed by atoms with Crippen LogP contribution in [-0.2, 0) is 9.53 Å². The zero-order chi connectivity index (χ0) is 13.0. The fourth-order valence-corrected chi connectivity index (χ4v) is 1.56. The summed E-state index contributed by atoms with van der Waals surface area (Å²) < 4.78 is 16.1. The summed E-state index contributed by atoms with van der Waals surface area (Å²) in [6.07, 6.45) is -0.679. The van der Waals surface area contributed by atoms with Gasteiger partial charge in [0, 0.05) is 6.54 Å². The summed E-state index contributed by atoms with van der Waals surface area (Å²) in [5.41, 5.74) is 0. The first-order valence-electron chi connectivity index (χ1n) is 5.86. The van der Waals surface area contributed by atoms with Gasteiger partial charge in [0.25, 0.3) is 0 Å². The van der Waals surface area contributed by atoms with Crippen LogP contribution in [0.4, 0.5) is 0 Å². The van der Waals surface area contributed by atoms with Gasteiger partial charge in [0.15, 0.2) is 11.5 Å². The highest BCUT2D eigenvalue weighted by Gasteiger charge is 2.28. The molecular weight excluding hydrogens is 234 g/mol. The van der Waals surface area contributed by atoms with Gasteiger partial charge in [0.1, 0.15) is 13.2 Å². The summed E-state index contributed by atoms with van der Waals surface area (Å²) in [5, 5.41) is 0. The Labute approximate surface area is 106 Å². The second-order valence-electron chi connectivity index (χ2n) is 4.34. The van der Waals surface area contributed by atoms with Crippen LogP contribution in [0.25, 0.3) is 0 Å². The van der Waals surface area contributed by atoms with Crippen molar-refractivity contribution in [2.45, 2.75) is 6.10 Å². The molecule has 0 radical (unpaired) electrons. The average molecular weight is 251 g/mol. The molecule has 0 aromatic heterocycles. The lowest BCUT2D eigenvalue weighted by Crippen LogP contribution is -2.38. The second-order valence-corrected chi connectivity index (χ2v) is 4.34. The Hall–Kier alpha value is -1.75. The molecule has 1 aliphatic heterocycles. The van der Waals surface area contributed by atoms with Crippen LogP contribution in [0.5, 0.6) is 11.5 Å². The fraction of sp³-hybridized carbons (Fsp3) is 0.462. The molecule has 5 heteroatoms. The predicted molar refractivity (Wildman–Crippen MR) is 65.9 cm³/mol. The summed E-state index contributed by atoms with van der Waals surface area (Å²) in [6, 6.07) is 7.28. The number of likely N-dealkylation sites (N-methyl/N-ethyl adjacent to an activating group) is 1. The molecule has 1 aromatic rings. The quantitative estimate of drug-likeness (QED) is 0.745. The van der Waals surface area contributed by atoms with E-state index in [1.165, 1.54) is 0 Å². The Morgan fingerprint density at radius 2 is 2.11 bits per heavy atom. The molecule has 1 aromatic carbocycles. The van der Waals surface area contributed by atoms with Crippen LogP contribution in [-0.4, -0.2) is 50.8 Å². The Bertz CT molecular complexity index is 419. The van der Waals surface area contributed by atoms with Crippen LogP contribution in [0, 0.1) is 0 Å². The Morgan fingerprint density at radius 1 is 1.39 bits per heavy atom. The van der Waals surface area contributed by atoms with E-state index in [2.05, 4.69) is 0 Å². The molecule has 18 heavy (non-hydrogen) atoms. The molecule has 98 valence electrons. The summed E-state index contributed by atoms with van der Waals surface area (Å²) in [4.78, 5) is 13.7. The molecule has 0 N–H and O–H groups in total. The first kappa shape index (κ1) is 12.7. The first-order valence-corrected chi connectivity index (χ1v) is 5.86. The number of fused-ring (bicyclic) bond motifs is 1. The number of carbonyl (C=O) groups is 1. The number of para-hydroxylation sites is 2. The zero-order valence-corrected chi connectivity index (χ0v) is 10.6. The molecule has 1 aliphatic rings. The number of hydrogen-bond acceptors (Lipinski definition) is 5. The maximum Gasteiger partial charge on any atom is 0.351 e. The number of hydrogen-bond donors (Lipinski definition) is 0. The number of nitrogens with zero attached hydrogens (tertiary/aromatic N) is 1. The van der Waals surface area contributed by atoms with E-state index in [4.69, 9.17) is 14.2 Å². The van der Waals surface area contributed by atoms with Crippen molar-refractivity contribution >= 4 is 5.97 Å². The highest BCUT2D eigenvalue weighted by molar-refractivity contribution is 5.76. The molecule has 0 saturated heterocycles. The Kier molecular flexibility index (Phi) is 4.04. The van der Waals surface area contributed by atoms with Crippen molar-refractivity contribution in [1.82, 2.24) is 4.90 Å². The number of esters is 1. The summed E-state index contributed by atoms with van der Waals surface area (Å²) >= 11 is 0. The molecule has 1 atom stereocenters. The predicted octanol–water partition coefficient (Wildman–Crippen LogP) is 0.931. The molecule has 5 nitrogen and oxygen atoms in total. The van der Waals surface area contributed by atoms with Crippen LogP contribution in [0.3, 0.4) is 0 Å². The van der Waals surface area contributed by atoms with Gasteiger partial charge in [-0.15, -0.1) is 0 Å². The van der Waals surface area contributed by atoms with Crippen molar-refractivity contribution in [1.29, 1.82) is 0 Å². The highest BCUT2D eigenvalue weighted by Crippen LogP contribution is 2.30. The van der Waals surface area contributed by atoms with Gasteiger partial charge >= 0.3 is 5.97 Å². The average Bonchev–Trinajstić information content (AvgIpc) is 2.37. The molecule has 0 bridgehead atoms. The second kappa shape index (κ2) is 5.73. The van der Waals surface area contributed by atoms with E-state index in [0.29, 0.717) is 24.7 Å². The maximum absolute atomic E-state index is 11.7. The van der Waals surface area contributed by atoms with Crippen molar-refractivity contribution < 1.29 is 19.0 Å². The standard InChI is InChI=1S/C13H17NO4/c1-14(2)7-8-16-13(15)12-9-17-10-5-3-4-6-11(10)18-12/h3-6,12H,7-9H2,1-2H3/t12-/m1/s1. The maximum atomic E-state index is 11.7. The molecule has 1 heterocycles. The molecule has 0 aliphatic carbocycles. The van der Waals surface area contributed by atoms with Gasteiger partial charge in [-0.2, -0.15) is 0 Å². The van der Waals surface area contributed by atoms with Crippen LogP contribution in [0.1, 0.15) is 0 Å². The third kappa shape index (κ3) is 3.13. The SMILES string of the molecule is CN(C)CCOC(=O)[C@H]1COc2ccccc2O1. The number of benzene rings is 1. The van der Waals surface area contributed by atoms with Gasteiger partial charge in [0.2, 0.25) is 6.10 Å². The van der Waals surface area contributed by atoms with Gasteiger partial charge in [-0.1, -0.05) is 12.1 Å². The molecule has 0 saturated carbocycles. The minimum Gasteiger partial charge on any atom is -0.485 e. The highest BCUT2D eigenvalue weighted by atomic mass is 16.6. The number of ether oxygens (including phenoxy) is 3. The third-order valence-corrected chi connectivity index (χ3v) is 2.55. The largest absolute Gasteiger partial charge is 0.485 e. The molecule has 0 spiro atoms. The lowest BCUT2D eigenvalue weighted by Gasteiger charge is -2.25. The third-order valence-electron chi connectivity index (χ3n) is 2.55. The summed E-state index contributed by atoms with van der Waals surface area (Å²) in [5.74, 6) is 0.861. The monoisotopic (exact) mass is 251 g/mol. The Balaban J connectivity index is 1.87. The van der Waals surface area contributed by atoms with Gasteiger partial charge in [-0.3, -0.25) is 0 Å². The zero-order valence-electron chi connectivity index (χ0n) is 10.6. The van der Waals surface area contributed by atoms with E-state index < -0.39 is 6.10 Å². The van der Waals surface area contributed by atoms with Gasteiger partial charge in [-0.05, 0) is 26.2 Å². The smallest absolute Gasteiger partial charge is 0.351 e. The molecule has 0 fully saturated rings.